The number of nitrogens with two attached hydrogens (primary N) is 1. The van der Waals surface area contributed by atoms with Crippen molar-refractivity contribution in [3.8, 4) is 22.4 Å². The Morgan fingerprint density at radius 3 is 1.92 bits per heavy atom. The van der Waals surface area contributed by atoms with Crippen LogP contribution in [0.1, 0.15) is 10.7 Å². The molecule has 2 aromatic carbocycles. The third-order valence-corrected chi connectivity index (χ3v) is 4.31. The first kappa shape index (κ1) is 15.9. The first-order valence-corrected chi connectivity index (χ1v) is 8.32. The number of hydrogen-bond donors (Lipinski definition) is 2. The maximum absolute atomic E-state index is 11.3. The molecule has 0 aliphatic rings. The highest BCUT2D eigenvalue weighted by Crippen LogP contribution is 2.25. The van der Waals surface area contributed by atoms with Gasteiger partial charge in [0.15, 0.2) is 0 Å². The minimum absolute atomic E-state index is 0.0478. The van der Waals surface area contributed by atoms with Gasteiger partial charge in [-0.3, -0.25) is 0 Å². The average molecular weight is 344 g/mol. The molecule has 0 unspecified atom stereocenters. The number of aromatic carboxylic acids is 1. The van der Waals surface area contributed by atoms with Gasteiger partial charge in [-0.05, 0) is 23.3 Å². The highest BCUT2D eigenvalue weighted by atomic mass is 32.2. The normalized spacial score (nSPS) is 11.4. The lowest BCUT2D eigenvalue weighted by Gasteiger charge is -2.04. The zero-order chi connectivity index (χ0) is 17.3. The molecule has 3 aromatic rings. The molecular formula is C16H12N2O5S. The van der Waals surface area contributed by atoms with Gasteiger partial charge in [0.1, 0.15) is 12.0 Å². The molecule has 0 radical (unpaired) electrons. The summed E-state index contributed by atoms with van der Waals surface area (Å²) in [5, 5.41) is 13.9. The quantitative estimate of drug-likeness (QED) is 0.749. The van der Waals surface area contributed by atoms with E-state index in [1.807, 2.05) is 12.1 Å². The van der Waals surface area contributed by atoms with Crippen molar-refractivity contribution in [2.24, 2.45) is 5.14 Å². The molecule has 7 nitrogen and oxygen atoms in total. The zero-order valence-corrected chi connectivity index (χ0v) is 13.0. The maximum atomic E-state index is 11.3. The van der Waals surface area contributed by atoms with Gasteiger partial charge >= 0.3 is 11.9 Å². The first-order valence-electron chi connectivity index (χ1n) is 6.77. The second-order valence-corrected chi connectivity index (χ2v) is 6.55. The summed E-state index contributed by atoms with van der Waals surface area (Å²) in [6.45, 7) is 0. The minimum Gasteiger partial charge on any atom is -0.474 e. The second-order valence-electron chi connectivity index (χ2n) is 4.99. The van der Waals surface area contributed by atoms with Crippen molar-refractivity contribution in [2.75, 3.05) is 0 Å². The lowest BCUT2D eigenvalue weighted by Crippen LogP contribution is -2.11. The molecule has 3 N–H and O–H groups in total. The summed E-state index contributed by atoms with van der Waals surface area (Å²) in [4.78, 5) is 14.7. The third-order valence-electron chi connectivity index (χ3n) is 3.38. The maximum Gasteiger partial charge on any atom is 0.392 e. The van der Waals surface area contributed by atoms with Gasteiger partial charge in [0.25, 0.3) is 0 Å². The van der Waals surface area contributed by atoms with Crippen molar-refractivity contribution in [1.82, 2.24) is 4.98 Å². The lowest BCUT2D eigenvalue weighted by atomic mass is 10.0. The molecule has 1 aromatic heterocycles. The average Bonchev–Trinajstić information content (AvgIpc) is 3.05. The number of aromatic nitrogens is 1. The van der Waals surface area contributed by atoms with Crippen LogP contribution in [0.25, 0.3) is 22.4 Å². The zero-order valence-electron chi connectivity index (χ0n) is 12.2. The molecule has 0 aliphatic heterocycles. The van der Waals surface area contributed by atoms with E-state index in [1.165, 1.54) is 18.4 Å². The van der Waals surface area contributed by atoms with Crippen LogP contribution in [0.4, 0.5) is 0 Å². The molecule has 0 saturated carbocycles. The van der Waals surface area contributed by atoms with Crippen molar-refractivity contribution in [2.45, 2.75) is 4.90 Å². The van der Waals surface area contributed by atoms with E-state index in [0.717, 1.165) is 11.1 Å². The Kier molecular flexibility index (Phi) is 3.92. The molecule has 3 rings (SSSR count). The monoisotopic (exact) mass is 344 g/mol. The van der Waals surface area contributed by atoms with Gasteiger partial charge in [-0.25, -0.2) is 23.3 Å². The summed E-state index contributed by atoms with van der Waals surface area (Å²) in [5.41, 5.74) is 2.81. The van der Waals surface area contributed by atoms with Gasteiger partial charge in [-0.2, -0.15) is 0 Å². The molecule has 0 atom stereocenters. The molecule has 8 heteroatoms. The summed E-state index contributed by atoms with van der Waals surface area (Å²) < 4.78 is 27.4. The first-order chi connectivity index (χ1) is 11.3. The number of sulfonamides is 1. The van der Waals surface area contributed by atoms with Crippen LogP contribution in [0, 0.1) is 0 Å². The molecule has 0 bridgehead atoms. The molecule has 0 aliphatic carbocycles. The number of nitrogens with zero attached hydrogens (tertiary/aromatic N) is 1. The highest BCUT2D eigenvalue weighted by Gasteiger charge is 2.12. The second kappa shape index (κ2) is 5.91. The third kappa shape index (κ3) is 3.19. The Bertz CT molecular complexity index is 990. The number of benzene rings is 2. The predicted molar refractivity (Wildman–Crippen MR) is 85.7 cm³/mol. The van der Waals surface area contributed by atoms with E-state index in [4.69, 9.17) is 14.7 Å². The SMILES string of the molecule is NS(=O)(=O)c1ccc(-c2ccc(-c3coc(C(=O)O)n3)cc2)cc1. The van der Waals surface area contributed by atoms with Gasteiger partial charge in [-0.15, -0.1) is 0 Å². The Labute approximate surface area is 137 Å². The van der Waals surface area contributed by atoms with Crippen LogP contribution in [0.2, 0.25) is 0 Å². The summed E-state index contributed by atoms with van der Waals surface area (Å²) in [6, 6.07) is 13.4. The smallest absolute Gasteiger partial charge is 0.392 e. The van der Waals surface area contributed by atoms with Crippen LogP contribution in [-0.2, 0) is 10.0 Å². The van der Waals surface area contributed by atoms with E-state index in [9.17, 15) is 13.2 Å². The van der Waals surface area contributed by atoms with Crippen LogP contribution in [0.5, 0.6) is 0 Å². The van der Waals surface area contributed by atoms with Crippen LogP contribution in [-0.4, -0.2) is 24.5 Å². The Morgan fingerprint density at radius 2 is 1.46 bits per heavy atom. The van der Waals surface area contributed by atoms with E-state index in [1.54, 1.807) is 24.3 Å². The molecule has 24 heavy (non-hydrogen) atoms. The molecule has 0 fully saturated rings. The number of carbonyl (C=O) groups is 1. The summed E-state index contributed by atoms with van der Waals surface area (Å²) in [6.07, 6.45) is 1.28. The Morgan fingerprint density at radius 1 is 0.958 bits per heavy atom. The summed E-state index contributed by atoms with van der Waals surface area (Å²) in [5.74, 6) is -1.60. The number of hydrogen-bond acceptors (Lipinski definition) is 5. The molecule has 1 heterocycles. The van der Waals surface area contributed by atoms with Gasteiger partial charge in [-0.1, -0.05) is 36.4 Å². The fraction of sp³-hybridized carbons (Fsp3) is 0. The molecule has 0 spiro atoms. The number of carboxylic acid groups (broad SMARTS) is 1. The van der Waals surface area contributed by atoms with Gasteiger partial charge in [0, 0.05) is 5.56 Å². The van der Waals surface area contributed by atoms with E-state index in [2.05, 4.69) is 4.98 Å². The van der Waals surface area contributed by atoms with Crippen LogP contribution in [0.15, 0.2) is 64.1 Å². The summed E-state index contributed by atoms with van der Waals surface area (Å²) >= 11 is 0. The van der Waals surface area contributed by atoms with E-state index in [0.29, 0.717) is 11.3 Å². The topological polar surface area (TPSA) is 123 Å². The van der Waals surface area contributed by atoms with E-state index in [-0.39, 0.29) is 10.8 Å². The highest BCUT2D eigenvalue weighted by molar-refractivity contribution is 7.89. The molecule has 0 amide bonds. The minimum atomic E-state index is -3.72. The Balaban J connectivity index is 1.87. The van der Waals surface area contributed by atoms with Gasteiger partial charge < -0.3 is 9.52 Å². The van der Waals surface area contributed by atoms with Crippen molar-refractivity contribution in [1.29, 1.82) is 0 Å². The standard InChI is InChI=1S/C16H12N2O5S/c17-24(21,22)13-7-5-11(6-8-13)10-1-3-12(4-2-10)14-9-23-15(18-14)16(19)20/h1-9H,(H,19,20)(H2,17,21,22). The van der Waals surface area contributed by atoms with Crippen LogP contribution >= 0.6 is 0 Å². The lowest BCUT2D eigenvalue weighted by molar-refractivity contribution is 0.0653. The van der Waals surface area contributed by atoms with E-state index >= 15 is 0 Å². The molecule has 122 valence electrons. The number of carboxylic acids is 1. The van der Waals surface area contributed by atoms with Gasteiger partial charge in [0.05, 0.1) is 4.90 Å². The van der Waals surface area contributed by atoms with E-state index < -0.39 is 16.0 Å². The van der Waals surface area contributed by atoms with Crippen molar-refractivity contribution >= 4 is 16.0 Å². The number of primary sulfonamides is 1. The van der Waals surface area contributed by atoms with Gasteiger partial charge in [0.2, 0.25) is 10.0 Å². The summed E-state index contributed by atoms with van der Waals surface area (Å²) in [7, 11) is -3.72. The molecular weight excluding hydrogens is 332 g/mol. The number of rotatable bonds is 4. The van der Waals surface area contributed by atoms with Crippen molar-refractivity contribution in [3.05, 3.63) is 60.7 Å². The largest absolute Gasteiger partial charge is 0.474 e. The Hall–Kier alpha value is -2.97. The van der Waals surface area contributed by atoms with Crippen molar-refractivity contribution in [3.63, 3.8) is 0 Å². The predicted octanol–water partition coefficient (Wildman–Crippen LogP) is 2.35. The fourth-order valence-corrected chi connectivity index (χ4v) is 2.69. The fourth-order valence-electron chi connectivity index (χ4n) is 2.18. The number of oxazole rings is 1. The van der Waals surface area contributed by atoms with Crippen LogP contribution < -0.4 is 5.14 Å². The molecule has 0 saturated heterocycles. The van der Waals surface area contributed by atoms with Crippen LogP contribution in [0.3, 0.4) is 0 Å². The van der Waals surface area contributed by atoms with Crippen molar-refractivity contribution < 1.29 is 22.7 Å².